The lowest BCUT2D eigenvalue weighted by Crippen LogP contribution is -2.43. The molecule has 2 aliphatic rings. The molecule has 51 heavy (non-hydrogen) atoms. The van der Waals surface area contributed by atoms with Crippen LogP contribution in [0.25, 0.3) is 11.1 Å². The molecule has 4 aromatic carbocycles. The number of aliphatic hydroxyl groups is 1. The van der Waals surface area contributed by atoms with Gasteiger partial charge in [-0.15, -0.1) is 6.58 Å². The van der Waals surface area contributed by atoms with Crippen molar-refractivity contribution in [2.75, 3.05) is 13.1 Å². The summed E-state index contributed by atoms with van der Waals surface area (Å²) >= 11 is 0. The highest BCUT2D eigenvalue weighted by molar-refractivity contribution is 5.94. The molecule has 2 N–H and O–H groups in total. The molecule has 0 bridgehead atoms. The van der Waals surface area contributed by atoms with Crippen LogP contribution in [0.15, 0.2) is 85.5 Å². The Bertz CT molecular complexity index is 1820. The molecule has 4 aromatic rings. The Kier molecular flexibility index (Phi) is 11.6. The first-order chi connectivity index (χ1) is 24.7. The van der Waals surface area contributed by atoms with Crippen molar-refractivity contribution in [3.63, 3.8) is 0 Å². The van der Waals surface area contributed by atoms with Crippen molar-refractivity contribution in [3.05, 3.63) is 142 Å². The second-order valence-corrected chi connectivity index (χ2v) is 13.0. The van der Waals surface area contributed by atoms with Gasteiger partial charge in [-0.2, -0.15) is 0 Å². The number of nitrogens with one attached hydrogen (secondary N) is 1. The van der Waals surface area contributed by atoms with E-state index in [2.05, 4.69) is 16.8 Å². The maximum atomic E-state index is 14.1. The van der Waals surface area contributed by atoms with Crippen LogP contribution in [0, 0.1) is 29.1 Å². The van der Waals surface area contributed by atoms with E-state index in [1.807, 2.05) is 60.7 Å². The third-order valence-electron chi connectivity index (χ3n) is 9.59. The van der Waals surface area contributed by atoms with Crippen molar-refractivity contribution in [2.24, 2.45) is 0 Å². The highest BCUT2D eigenvalue weighted by Crippen LogP contribution is 2.39. The zero-order valence-electron chi connectivity index (χ0n) is 27.9. The maximum Gasteiger partial charge on any atom is 0.257 e. The summed E-state index contributed by atoms with van der Waals surface area (Å²) in [5.41, 5.74) is 3.24. The summed E-state index contributed by atoms with van der Waals surface area (Å²) in [6.45, 7) is 5.24. The lowest BCUT2D eigenvalue weighted by molar-refractivity contribution is -0.253. The van der Waals surface area contributed by atoms with Gasteiger partial charge in [0, 0.05) is 37.7 Å². The Morgan fingerprint density at radius 1 is 0.824 bits per heavy atom. The first-order valence-corrected chi connectivity index (χ1v) is 17.0. The lowest BCUT2D eigenvalue weighted by Gasteiger charge is -2.39. The molecule has 0 spiro atoms. The van der Waals surface area contributed by atoms with Crippen LogP contribution in [-0.4, -0.2) is 41.1 Å². The number of carbonyl (C=O) groups excluding carboxylic acids is 1. The molecule has 0 radical (unpaired) electrons. The highest BCUT2D eigenvalue weighted by atomic mass is 19.2. The Morgan fingerprint density at radius 3 is 2.12 bits per heavy atom. The number of aliphatic hydroxyl groups excluding tert-OH is 1. The summed E-state index contributed by atoms with van der Waals surface area (Å²) < 4.78 is 82.1. The van der Waals surface area contributed by atoms with Gasteiger partial charge in [-0.05, 0) is 46.7 Å². The van der Waals surface area contributed by atoms with Gasteiger partial charge in [-0.3, -0.25) is 9.69 Å². The lowest BCUT2D eigenvalue weighted by atomic mass is 9.98. The van der Waals surface area contributed by atoms with Crippen LogP contribution in [0.5, 0.6) is 0 Å². The normalized spacial score (nSPS) is 19.4. The maximum absolute atomic E-state index is 14.1. The predicted molar refractivity (Wildman–Crippen MR) is 182 cm³/mol. The molecule has 1 aliphatic heterocycles. The number of amides is 1. The summed E-state index contributed by atoms with van der Waals surface area (Å²) in [7, 11) is 0. The average molecular weight is 707 g/mol. The van der Waals surface area contributed by atoms with Crippen LogP contribution < -0.4 is 5.32 Å². The van der Waals surface area contributed by atoms with Gasteiger partial charge in [0.1, 0.15) is 5.56 Å². The van der Waals surface area contributed by atoms with Crippen LogP contribution in [0.1, 0.15) is 77.1 Å². The highest BCUT2D eigenvalue weighted by Gasteiger charge is 2.35. The number of hydrogen-bond acceptors (Lipinski definition) is 5. The second-order valence-electron chi connectivity index (χ2n) is 13.0. The Hall–Kier alpha value is -4.42. The molecule has 6 nitrogen and oxygen atoms in total. The quantitative estimate of drug-likeness (QED) is 0.0670. The van der Waals surface area contributed by atoms with Crippen molar-refractivity contribution >= 4 is 5.91 Å². The number of ether oxygens (including phenoxy) is 2. The van der Waals surface area contributed by atoms with Gasteiger partial charge in [0.25, 0.3) is 5.91 Å². The number of benzene rings is 4. The van der Waals surface area contributed by atoms with E-state index in [1.54, 1.807) is 18.2 Å². The minimum Gasteiger partial charge on any atom is -0.392 e. The van der Waals surface area contributed by atoms with Crippen molar-refractivity contribution in [1.82, 2.24) is 10.2 Å². The Labute approximate surface area is 293 Å². The molecular formula is C40H39F5N2O4. The molecular weight excluding hydrogens is 667 g/mol. The summed E-state index contributed by atoms with van der Waals surface area (Å²) in [5, 5.41) is 11.8. The predicted octanol–water partition coefficient (Wildman–Crippen LogP) is 8.45. The molecule has 1 aliphatic carbocycles. The zero-order valence-corrected chi connectivity index (χ0v) is 27.9. The number of carbonyl (C=O) groups is 1. The SMILES string of the molecule is C=CCN(C[C@@H]1C[C@H](c2ccc(CO)cc2)O[C@H](c2ccc(-c3cccc(CNC(=O)c4c(F)c(F)c(F)c(F)c4F)c3)cc2)O1)C1CCCC1. The molecule has 0 unspecified atom stereocenters. The van der Waals surface area contributed by atoms with E-state index in [1.165, 1.54) is 12.8 Å². The van der Waals surface area contributed by atoms with Crippen LogP contribution in [0.2, 0.25) is 0 Å². The number of halogens is 5. The Morgan fingerprint density at radius 2 is 1.47 bits per heavy atom. The summed E-state index contributed by atoms with van der Waals surface area (Å²) in [6.07, 6.45) is 6.39. The monoisotopic (exact) mass is 706 g/mol. The van der Waals surface area contributed by atoms with Crippen LogP contribution in [0.4, 0.5) is 22.0 Å². The molecule has 1 saturated carbocycles. The van der Waals surface area contributed by atoms with Gasteiger partial charge < -0.3 is 19.9 Å². The zero-order chi connectivity index (χ0) is 36.1. The van der Waals surface area contributed by atoms with E-state index in [-0.39, 0.29) is 25.4 Å². The molecule has 1 saturated heterocycles. The molecule has 2 fully saturated rings. The van der Waals surface area contributed by atoms with E-state index in [4.69, 9.17) is 9.47 Å². The molecule has 268 valence electrons. The van der Waals surface area contributed by atoms with Crippen LogP contribution in [-0.2, 0) is 22.6 Å². The first kappa shape index (κ1) is 36.4. The molecule has 3 atom stereocenters. The van der Waals surface area contributed by atoms with Gasteiger partial charge >= 0.3 is 0 Å². The van der Waals surface area contributed by atoms with Crippen molar-refractivity contribution in [3.8, 4) is 11.1 Å². The summed E-state index contributed by atoms with van der Waals surface area (Å²) in [5.74, 6) is -12.5. The Balaban J connectivity index is 1.17. The topological polar surface area (TPSA) is 71.0 Å². The largest absolute Gasteiger partial charge is 0.392 e. The van der Waals surface area contributed by atoms with Crippen molar-refractivity contribution < 1.29 is 41.3 Å². The smallest absolute Gasteiger partial charge is 0.257 e. The number of hydrogen-bond donors (Lipinski definition) is 2. The van der Waals surface area contributed by atoms with Gasteiger partial charge in [0.15, 0.2) is 29.6 Å². The first-order valence-electron chi connectivity index (χ1n) is 17.0. The van der Waals surface area contributed by atoms with Crippen LogP contribution >= 0.6 is 0 Å². The van der Waals surface area contributed by atoms with Gasteiger partial charge in [0.05, 0.1) is 18.8 Å². The number of nitrogens with zero attached hydrogens (tertiary/aromatic N) is 1. The van der Waals surface area contributed by atoms with E-state index in [9.17, 15) is 31.9 Å². The molecule has 6 rings (SSSR count). The fourth-order valence-corrected chi connectivity index (χ4v) is 6.87. The minimum atomic E-state index is -2.33. The summed E-state index contributed by atoms with van der Waals surface area (Å²) in [4.78, 5) is 14.9. The fraction of sp³-hybridized carbons (Fsp3) is 0.325. The van der Waals surface area contributed by atoms with Crippen LogP contribution in [0.3, 0.4) is 0 Å². The third kappa shape index (κ3) is 8.23. The fourth-order valence-electron chi connectivity index (χ4n) is 6.87. The van der Waals surface area contributed by atoms with Gasteiger partial charge in [0.2, 0.25) is 5.82 Å². The summed E-state index contributed by atoms with van der Waals surface area (Å²) in [6, 6.07) is 22.9. The van der Waals surface area contributed by atoms with E-state index < -0.39 is 46.8 Å². The van der Waals surface area contributed by atoms with Crippen molar-refractivity contribution in [2.45, 2.75) is 69.8 Å². The van der Waals surface area contributed by atoms with Crippen molar-refractivity contribution in [1.29, 1.82) is 0 Å². The minimum absolute atomic E-state index is 0.0413. The third-order valence-corrected chi connectivity index (χ3v) is 9.59. The standard InChI is InChI=1S/C40H39F5N2O4/c1-2-18-47(30-8-3-4-9-30)22-31-20-32(27-12-10-24(23-48)11-13-27)51-40(50-31)28-16-14-26(15-17-28)29-7-5-6-25(19-29)21-46-39(49)33-34(41)36(43)38(45)37(44)35(33)42/h2,5-7,10-17,19,30-32,40,48H,1,3-4,8-9,18,20-23H2,(H,46,49)/t31-,32+,40+/m0/s1. The molecule has 0 aromatic heterocycles. The van der Waals surface area contributed by atoms with E-state index in [0.717, 1.165) is 53.7 Å². The van der Waals surface area contributed by atoms with Gasteiger partial charge in [-0.1, -0.05) is 85.6 Å². The molecule has 1 heterocycles. The molecule has 11 heteroatoms. The number of rotatable bonds is 12. The second kappa shape index (κ2) is 16.3. The molecule has 1 amide bonds. The van der Waals surface area contributed by atoms with Gasteiger partial charge in [-0.25, -0.2) is 22.0 Å². The average Bonchev–Trinajstić information content (AvgIpc) is 3.71. The van der Waals surface area contributed by atoms with E-state index >= 15 is 0 Å². The van der Waals surface area contributed by atoms with E-state index in [0.29, 0.717) is 18.0 Å².